The van der Waals surface area contributed by atoms with E-state index in [-0.39, 0.29) is 5.69 Å². The first-order valence-corrected chi connectivity index (χ1v) is 6.42. The summed E-state index contributed by atoms with van der Waals surface area (Å²) in [6.07, 6.45) is 0. The highest BCUT2D eigenvalue weighted by Gasteiger charge is 2.22. The molecule has 2 rings (SSSR count). The summed E-state index contributed by atoms with van der Waals surface area (Å²) in [6, 6.07) is 3.36. The number of anilines is 1. The van der Waals surface area contributed by atoms with Gasteiger partial charge >= 0.3 is 0 Å². The number of benzene rings is 1. The second kappa shape index (κ2) is 5.55. The van der Waals surface area contributed by atoms with Gasteiger partial charge in [-0.2, -0.15) is 0 Å². The standard InChI is InChI=1S/C15H16F2N2O2/c1-7-6-10(9(3)21-7)8(2)19-15(20)13-11(16)4-5-12(18)14(13)17/h4-6,8H,18H2,1-3H3,(H,19,20). The number of rotatable bonds is 3. The second-order valence-electron chi connectivity index (χ2n) is 4.89. The molecule has 1 atom stereocenters. The fraction of sp³-hybridized carbons (Fsp3) is 0.267. The molecule has 0 saturated carbocycles. The normalized spacial score (nSPS) is 12.2. The Hall–Kier alpha value is -2.37. The lowest BCUT2D eigenvalue weighted by Gasteiger charge is -2.14. The fourth-order valence-corrected chi connectivity index (χ4v) is 2.20. The molecule has 1 unspecified atom stereocenters. The van der Waals surface area contributed by atoms with Crippen molar-refractivity contribution in [3.63, 3.8) is 0 Å². The van der Waals surface area contributed by atoms with Crippen LogP contribution in [0.2, 0.25) is 0 Å². The molecule has 0 spiro atoms. The lowest BCUT2D eigenvalue weighted by Crippen LogP contribution is -2.28. The first-order chi connectivity index (χ1) is 9.81. The minimum atomic E-state index is -1.06. The molecule has 112 valence electrons. The number of amides is 1. The number of halogens is 2. The summed E-state index contributed by atoms with van der Waals surface area (Å²) in [5, 5.41) is 2.54. The van der Waals surface area contributed by atoms with Gasteiger partial charge in [-0.05, 0) is 39.0 Å². The van der Waals surface area contributed by atoms with E-state index in [9.17, 15) is 13.6 Å². The molecule has 0 radical (unpaired) electrons. The molecule has 21 heavy (non-hydrogen) atoms. The maximum Gasteiger partial charge on any atom is 0.257 e. The number of furan rings is 1. The highest BCUT2D eigenvalue weighted by atomic mass is 19.1. The molecule has 1 heterocycles. The van der Waals surface area contributed by atoms with Gasteiger partial charge in [-0.1, -0.05) is 0 Å². The van der Waals surface area contributed by atoms with Gasteiger partial charge in [0.1, 0.15) is 22.9 Å². The predicted molar refractivity (Wildman–Crippen MR) is 74.8 cm³/mol. The van der Waals surface area contributed by atoms with Crippen LogP contribution in [0.5, 0.6) is 0 Å². The largest absolute Gasteiger partial charge is 0.466 e. The number of carbonyl (C=O) groups excluding carboxylic acids is 1. The third kappa shape index (κ3) is 2.89. The molecule has 2 aromatic rings. The molecule has 3 N–H and O–H groups in total. The van der Waals surface area contributed by atoms with Crippen LogP contribution in [0.3, 0.4) is 0 Å². The van der Waals surface area contributed by atoms with Crippen molar-refractivity contribution in [2.45, 2.75) is 26.8 Å². The van der Waals surface area contributed by atoms with Crippen LogP contribution >= 0.6 is 0 Å². The van der Waals surface area contributed by atoms with Crippen LogP contribution in [0.15, 0.2) is 22.6 Å². The zero-order chi connectivity index (χ0) is 15.7. The van der Waals surface area contributed by atoms with Gasteiger partial charge in [0, 0.05) is 5.56 Å². The maximum atomic E-state index is 13.8. The van der Waals surface area contributed by atoms with Crippen molar-refractivity contribution in [1.29, 1.82) is 0 Å². The van der Waals surface area contributed by atoms with Crippen LogP contribution in [0.25, 0.3) is 0 Å². The second-order valence-corrected chi connectivity index (χ2v) is 4.89. The van der Waals surface area contributed by atoms with E-state index in [2.05, 4.69) is 5.32 Å². The molecule has 0 aliphatic heterocycles. The number of nitrogens with two attached hydrogens (primary N) is 1. The SMILES string of the molecule is Cc1cc(C(C)NC(=O)c2c(F)ccc(N)c2F)c(C)o1. The van der Waals surface area contributed by atoms with E-state index in [0.29, 0.717) is 11.5 Å². The number of hydrogen-bond acceptors (Lipinski definition) is 3. The predicted octanol–water partition coefficient (Wildman–Crippen LogP) is 3.25. The van der Waals surface area contributed by atoms with Gasteiger partial charge in [-0.3, -0.25) is 4.79 Å². The molecule has 1 aromatic heterocycles. The Morgan fingerprint density at radius 3 is 2.57 bits per heavy atom. The third-order valence-electron chi connectivity index (χ3n) is 3.24. The number of nitrogen functional groups attached to an aromatic ring is 1. The first-order valence-electron chi connectivity index (χ1n) is 6.42. The van der Waals surface area contributed by atoms with Gasteiger partial charge in [0.15, 0.2) is 5.82 Å². The molecule has 1 amide bonds. The number of carbonyl (C=O) groups is 1. The Kier molecular flexibility index (Phi) is 3.97. The van der Waals surface area contributed by atoms with Crippen molar-refractivity contribution in [2.24, 2.45) is 0 Å². The van der Waals surface area contributed by atoms with Crippen LogP contribution in [-0.4, -0.2) is 5.91 Å². The van der Waals surface area contributed by atoms with Crippen molar-refractivity contribution in [3.05, 3.63) is 52.5 Å². The summed E-state index contributed by atoms with van der Waals surface area (Å²) in [5.74, 6) is -1.52. The lowest BCUT2D eigenvalue weighted by atomic mass is 10.1. The third-order valence-corrected chi connectivity index (χ3v) is 3.24. The Morgan fingerprint density at radius 1 is 1.33 bits per heavy atom. The number of nitrogens with one attached hydrogen (secondary N) is 1. The summed E-state index contributed by atoms with van der Waals surface area (Å²) in [4.78, 5) is 12.1. The van der Waals surface area contributed by atoms with E-state index in [1.54, 1.807) is 26.8 Å². The molecular formula is C15H16F2N2O2. The molecule has 6 heteroatoms. The monoisotopic (exact) mass is 294 g/mol. The molecule has 1 aromatic carbocycles. The average Bonchev–Trinajstić information content (AvgIpc) is 2.73. The Balaban J connectivity index is 2.26. The first kappa shape index (κ1) is 15.0. The smallest absolute Gasteiger partial charge is 0.257 e. The van der Waals surface area contributed by atoms with Gasteiger partial charge in [0.2, 0.25) is 0 Å². The Bertz CT molecular complexity index is 695. The van der Waals surface area contributed by atoms with Gasteiger partial charge in [0.25, 0.3) is 5.91 Å². The van der Waals surface area contributed by atoms with Crippen LogP contribution < -0.4 is 11.1 Å². The van der Waals surface area contributed by atoms with E-state index in [0.717, 1.165) is 17.7 Å². The molecule has 0 aliphatic rings. The van der Waals surface area contributed by atoms with Crippen LogP contribution in [0.1, 0.15) is 40.4 Å². The number of aryl methyl sites for hydroxylation is 2. The van der Waals surface area contributed by atoms with E-state index in [4.69, 9.17) is 10.2 Å². The highest BCUT2D eigenvalue weighted by molar-refractivity contribution is 5.96. The Labute approximate surface area is 120 Å². The van der Waals surface area contributed by atoms with Crippen molar-refractivity contribution >= 4 is 11.6 Å². The van der Waals surface area contributed by atoms with Crippen molar-refractivity contribution in [3.8, 4) is 0 Å². The molecule has 4 nitrogen and oxygen atoms in total. The molecule has 0 aliphatic carbocycles. The van der Waals surface area contributed by atoms with Crippen molar-refractivity contribution in [1.82, 2.24) is 5.32 Å². The maximum absolute atomic E-state index is 13.8. The minimum absolute atomic E-state index is 0.274. The van der Waals surface area contributed by atoms with Crippen molar-refractivity contribution in [2.75, 3.05) is 5.73 Å². The van der Waals surface area contributed by atoms with Crippen LogP contribution in [0, 0.1) is 25.5 Å². The van der Waals surface area contributed by atoms with E-state index < -0.39 is 29.1 Å². The topological polar surface area (TPSA) is 68.3 Å². The number of hydrogen-bond donors (Lipinski definition) is 2. The van der Waals surface area contributed by atoms with Crippen molar-refractivity contribution < 1.29 is 18.0 Å². The van der Waals surface area contributed by atoms with E-state index in [1.807, 2.05) is 0 Å². The molecule has 0 saturated heterocycles. The van der Waals surface area contributed by atoms with Gasteiger partial charge in [-0.15, -0.1) is 0 Å². The Morgan fingerprint density at radius 2 is 2.00 bits per heavy atom. The van der Waals surface area contributed by atoms with Crippen LogP contribution in [0.4, 0.5) is 14.5 Å². The van der Waals surface area contributed by atoms with Gasteiger partial charge in [-0.25, -0.2) is 8.78 Å². The summed E-state index contributed by atoms with van der Waals surface area (Å²) >= 11 is 0. The van der Waals surface area contributed by atoms with E-state index >= 15 is 0 Å². The molecule has 0 bridgehead atoms. The fourth-order valence-electron chi connectivity index (χ4n) is 2.20. The van der Waals surface area contributed by atoms with Crippen LogP contribution in [-0.2, 0) is 0 Å². The quantitative estimate of drug-likeness (QED) is 0.854. The van der Waals surface area contributed by atoms with E-state index in [1.165, 1.54) is 0 Å². The lowest BCUT2D eigenvalue weighted by molar-refractivity contribution is 0.0931. The summed E-state index contributed by atoms with van der Waals surface area (Å²) in [7, 11) is 0. The minimum Gasteiger partial charge on any atom is -0.466 e. The molecular weight excluding hydrogens is 278 g/mol. The summed E-state index contributed by atoms with van der Waals surface area (Å²) in [6.45, 7) is 5.24. The average molecular weight is 294 g/mol. The van der Waals surface area contributed by atoms with Gasteiger partial charge in [0.05, 0.1) is 11.7 Å². The summed E-state index contributed by atoms with van der Waals surface area (Å²) in [5.41, 5.74) is 5.16. The molecule has 0 fully saturated rings. The zero-order valence-electron chi connectivity index (χ0n) is 12.0. The highest BCUT2D eigenvalue weighted by Crippen LogP contribution is 2.23. The summed E-state index contributed by atoms with van der Waals surface area (Å²) < 4.78 is 32.8. The van der Waals surface area contributed by atoms with Gasteiger partial charge < -0.3 is 15.5 Å². The zero-order valence-corrected chi connectivity index (χ0v) is 12.0.